The van der Waals surface area contributed by atoms with Crippen LogP contribution in [-0.4, -0.2) is 13.1 Å². The van der Waals surface area contributed by atoms with Gasteiger partial charge in [0.25, 0.3) is 0 Å². The van der Waals surface area contributed by atoms with Crippen LogP contribution < -0.4 is 5.32 Å². The molecule has 1 nitrogen and oxygen atoms in total. The molecule has 0 aliphatic heterocycles. The van der Waals surface area contributed by atoms with E-state index >= 15 is 0 Å². The van der Waals surface area contributed by atoms with Gasteiger partial charge in [0.2, 0.25) is 0 Å². The predicted molar refractivity (Wildman–Crippen MR) is 45.6 cm³/mol. The lowest BCUT2D eigenvalue weighted by molar-refractivity contribution is 0.767. The van der Waals surface area contributed by atoms with Crippen molar-refractivity contribution in [3.05, 3.63) is 35.9 Å². The fourth-order valence-corrected chi connectivity index (χ4v) is 1.53. The van der Waals surface area contributed by atoms with E-state index < -0.39 is 0 Å². The number of likely N-dealkylation sites (N-methyl/N-ethyl adjacent to an activating group) is 1. The molecule has 1 fully saturated rings. The molecule has 1 aromatic rings. The van der Waals surface area contributed by atoms with Crippen molar-refractivity contribution in [2.75, 3.05) is 7.05 Å². The van der Waals surface area contributed by atoms with Gasteiger partial charge in [-0.15, -0.1) is 0 Å². The summed E-state index contributed by atoms with van der Waals surface area (Å²) in [5, 5.41) is 4.26. The topological polar surface area (TPSA) is 14.1 Å². The van der Waals surface area contributed by atoms with E-state index in [1.54, 1.807) is 0 Å². The molecule has 0 unspecified atom stereocenters. The van der Waals surface area contributed by atoms with Gasteiger partial charge in [-0.2, -0.15) is 0 Å². The quantitative estimate of drug-likeness (QED) is 0.604. The third-order valence-corrected chi connectivity index (χ3v) is 2.32. The monoisotopic (exact) mass is 146 g/mol. The van der Waals surface area contributed by atoms with Gasteiger partial charge in [-0.1, -0.05) is 30.3 Å². The highest BCUT2D eigenvalue weighted by Crippen LogP contribution is 2.40. The molecule has 11 heavy (non-hydrogen) atoms. The zero-order valence-corrected chi connectivity index (χ0v) is 6.70. The second kappa shape index (κ2) is 2.67. The molecular weight excluding hydrogens is 134 g/mol. The van der Waals surface area contributed by atoms with Crippen LogP contribution in [-0.2, 0) is 0 Å². The smallest absolute Gasteiger partial charge is 0.0318 e. The van der Waals surface area contributed by atoms with Crippen molar-refractivity contribution in [2.45, 2.75) is 18.4 Å². The van der Waals surface area contributed by atoms with E-state index in [9.17, 15) is 0 Å². The Balaban J connectivity index is 2.09. The SMILES string of the molecule is C[N][C@H]1C[C@@H]1c1ccccc1. The van der Waals surface area contributed by atoms with Gasteiger partial charge in [0.1, 0.15) is 0 Å². The van der Waals surface area contributed by atoms with Gasteiger partial charge in [0, 0.05) is 19.0 Å². The van der Waals surface area contributed by atoms with Crippen molar-refractivity contribution in [1.82, 2.24) is 5.32 Å². The molecule has 1 aliphatic rings. The van der Waals surface area contributed by atoms with E-state index in [4.69, 9.17) is 0 Å². The second-order valence-corrected chi connectivity index (χ2v) is 3.08. The standard InChI is InChI=1S/C10H12N/c1-11-10-7-9(10)8-5-3-2-4-6-8/h2-6,9-10H,7H2,1H3/t9-,10+/m1/s1. The Labute approximate surface area is 67.4 Å². The van der Waals surface area contributed by atoms with Crippen LogP contribution in [0.4, 0.5) is 0 Å². The van der Waals surface area contributed by atoms with Crippen LogP contribution in [0.1, 0.15) is 17.9 Å². The van der Waals surface area contributed by atoms with Crippen LogP contribution in [0, 0.1) is 0 Å². The highest BCUT2D eigenvalue weighted by Gasteiger charge is 2.37. The third-order valence-electron chi connectivity index (χ3n) is 2.32. The summed E-state index contributed by atoms with van der Waals surface area (Å²) in [5.41, 5.74) is 1.45. The van der Waals surface area contributed by atoms with Crippen molar-refractivity contribution in [3.63, 3.8) is 0 Å². The van der Waals surface area contributed by atoms with E-state index in [2.05, 4.69) is 35.6 Å². The van der Waals surface area contributed by atoms with E-state index in [0.717, 1.165) is 5.92 Å². The van der Waals surface area contributed by atoms with Crippen LogP contribution in [0.15, 0.2) is 30.3 Å². The van der Waals surface area contributed by atoms with E-state index in [-0.39, 0.29) is 0 Å². The van der Waals surface area contributed by atoms with Crippen LogP contribution in [0.2, 0.25) is 0 Å². The molecule has 0 bridgehead atoms. The maximum Gasteiger partial charge on any atom is 0.0318 e. The second-order valence-electron chi connectivity index (χ2n) is 3.08. The minimum atomic E-state index is 0.609. The van der Waals surface area contributed by atoms with Crippen molar-refractivity contribution in [1.29, 1.82) is 0 Å². The van der Waals surface area contributed by atoms with E-state index in [1.165, 1.54) is 12.0 Å². The summed E-state index contributed by atoms with van der Waals surface area (Å²) in [7, 11) is 1.91. The van der Waals surface area contributed by atoms with Gasteiger partial charge in [0.15, 0.2) is 0 Å². The lowest BCUT2D eigenvalue weighted by Crippen LogP contribution is -2.01. The highest BCUT2D eigenvalue weighted by molar-refractivity contribution is 5.27. The van der Waals surface area contributed by atoms with Crippen molar-refractivity contribution >= 4 is 0 Å². The van der Waals surface area contributed by atoms with Gasteiger partial charge in [-0.05, 0) is 12.0 Å². The van der Waals surface area contributed by atoms with Crippen LogP contribution in [0.3, 0.4) is 0 Å². The Morgan fingerprint density at radius 1 is 1.27 bits per heavy atom. The molecule has 0 spiro atoms. The number of rotatable bonds is 2. The first kappa shape index (κ1) is 6.86. The average Bonchev–Trinajstić information content (AvgIpc) is 2.85. The minimum Gasteiger partial charge on any atom is -0.241 e. The first-order valence-electron chi connectivity index (χ1n) is 4.05. The molecule has 0 aromatic heterocycles. The highest BCUT2D eigenvalue weighted by atomic mass is 14.9. The number of hydrogen-bond donors (Lipinski definition) is 0. The molecule has 1 saturated carbocycles. The fourth-order valence-electron chi connectivity index (χ4n) is 1.53. The molecule has 1 radical (unpaired) electrons. The molecule has 1 aliphatic carbocycles. The van der Waals surface area contributed by atoms with E-state index in [1.807, 2.05) is 7.05 Å². The normalized spacial score (nSPS) is 28.5. The molecule has 0 saturated heterocycles. The van der Waals surface area contributed by atoms with Crippen molar-refractivity contribution in [2.24, 2.45) is 0 Å². The van der Waals surface area contributed by atoms with Crippen LogP contribution in [0.25, 0.3) is 0 Å². The number of nitrogens with zero attached hydrogens (tertiary/aromatic N) is 1. The zero-order valence-electron chi connectivity index (χ0n) is 6.70. The number of hydrogen-bond acceptors (Lipinski definition) is 0. The summed E-state index contributed by atoms with van der Waals surface area (Å²) in [6.45, 7) is 0. The molecule has 1 aromatic carbocycles. The molecule has 2 atom stereocenters. The van der Waals surface area contributed by atoms with Crippen molar-refractivity contribution in [3.8, 4) is 0 Å². The predicted octanol–water partition coefficient (Wildman–Crippen LogP) is 1.78. The van der Waals surface area contributed by atoms with Crippen molar-refractivity contribution < 1.29 is 0 Å². The summed E-state index contributed by atoms with van der Waals surface area (Å²) in [6, 6.07) is 11.2. The first-order chi connectivity index (χ1) is 5.42. The molecular formula is C10H12N. The van der Waals surface area contributed by atoms with Gasteiger partial charge < -0.3 is 0 Å². The lowest BCUT2D eigenvalue weighted by Gasteiger charge is -1.96. The molecule has 0 heterocycles. The summed E-state index contributed by atoms with van der Waals surface area (Å²) >= 11 is 0. The molecule has 0 N–H and O–H groups in total. The Hall–Kier alpha value is -0.820. The molecule has 57 valence electrons. The average molecular weight is 146 g/mol. The summed E-state index contributed by atoms with van der Waals surface area (Å²) < 4.78 is 0. The van der Waals surface area contributed by atoms with Gasteiger partial charge in [-0.3, -0.25) is 0 Å². The summed E-state index contributed by atoms with van der Waals surface area (Å²) in [5.74, 6) is 0.723. The zero-order chi connectivity index (χ0) is 7.68. The maximum atomic E-state index is 4.26. The maximum absolute atomic E-state index is 4.26. The molecule has 1 heteroatoms. The van der Waals surface area contributed by atoms with Gasteiger partial charge in [0.05, 0.1) is 0 Å². The lowest BCUT2D eigenvalue weighted by atomic mass is 10.1. The largest absolute Gasteiger partial charge is 0.241 e. The number of benzene rings is 1. The molecule has 2 rings (SSSR count). The van der Waals surface area contributed by atoms with Crippen LogP contribution in [0.5, 0.6) is 0 Å². The Morgan fingerprint density at radius 2 is 2.00 bits per heavy atom. The molecule has 0 amide bonds. The summed E-state index contributed by atoms with van der Waals surface area (Å²) in [6.07, 6.45) is 1.25. The fraction of sp³-hybridized carbons (Fsp3) is 0.400. The van der Waals surface area contributed by atoms with Crippen LogP contribution >= 0.6 is 0 Å². The Morgan fingerprint density at radius 3 is 2.55 bits per heavy atom. The Kier molecular flexibility index (Phi) is 1.66. The van der Waals surface area contributed by atoms with Gasteiger partial charge >= 0.3 is 0 Å². The summed E-state index contributed by atoms with van der Waals surface area (Å²) in [4.78, 5) is 0. The Bertz CT molecular complexity index is 230. The minimum absolute atomic E-state index is 0.609. The van der Waals surface area contributed by atoms with Gasteiger partial charge in [-0.25, -0.2) is 5.32 Å². The first-order valence-corrected chi connectivity index (χ1v) is 4.05. The van der Waals surface area contributed by atoms with E-state index in [0.29, 0.717) is 6.04 Å². The third kappa shape index (κ3) is 1.29.